The summed E-state index contributed by atoms with van der Waals surface area (Å²) >= 11 is 6.09. The van der Waals surface area contributed by atoms with E-state index in [1.807, 2.05) is 30.3 Å². The van der Waals surface area contributed by atoms with E-state index in [1.54, 1.807) is 6.07 Å². The van der Waals surface area contributed by atoms with Gasteiger partial charge in [-0.1, -0.05) is 35.9 Å². The molecule has 4 rings (SSSR count). The van der Waals surface area contributed by atoms with Crippen LogP contribution < -0.4 is 16.2 Å². The van der Waals surface area contributed by atoms with Crippen LogP contribution in [0.4, 0.5) is 4.39 Å². The van der Waals surface area contributed by atoms with Crippen LogP contribution >= 0.6 is 11.6 Å². The molecule has 1 aliphatic heterocycles. The molecule has 0 bridgehead atoms. The molecule has 4 nitrogen and oxygen atoms in total. The molecular formula is C19H19ClFN3O. The van der Waals surface area contributed by atoms with Crippen LogP contribution in [0.5, 0.6) is 0 Å². The number of hydrazine groups is 1. The number of benzene rings is 2. The van der Waals surface area contributed by atoms with Crippen molar-refractivity contribution in [3.63, 3.8) is 0 Å². The smallest absolute Gasteiger partial charge is 0.227 e. The summed E-state index contributed by atoms with van der Waals surface area (Å²) in [5, 5.41) is 3.86. The lowest BCUT2D eigenvalue weighted by Gasteiger charge is -2.23. The molecule has 25 heavy (non-hydrogen) atoms. The Bertz CT molecular complexity index is 809. The lowest BCUT2D eigenvalue weighted by Crippen LogP contribution is -2.41. The van der Waals surface area contributed by atoms with Crippen molar-refractivity contribution >= 4 is 17.5 Å². The number of hydrogen-bond donors (Lipinski definition) is 3. The van der Waals surface area contributed by atoms with Crippen molar-refractivity contribution in [2.45, 2.75) is 24.4 Å². The van der Waals surface area contributed by atoms with Gasteiger partial charge in [0.15, 0.2) is 0 Å². The molecule has 0 aromatic heterocycles. The van der Waals surface area contributed by atoms with Crippen LogP contribution in [-0.4, -0.2) is 12.5 Å². The van der Waals surface area contributed by atoms with Crippen LogP contribution in [0.3, 0.4) is 0 Å². The highest BCUT2D eigenvalue weighted by molar-refractivity contribution is 6.30. The van der Waals surface area contributed by atoms with Crippen molar-refractivity contribution in [1.82, 2.24) is 16.2 Å². The van der Waals surface area contributed by atoms with Gasteiger partial charge in [0.25, 0.3) is 0 Å². The topological polar surface area (TPSA) is 53.2 Å². The Balaban J connectivity index is 1.52. The van der Waals surface area contributed by atoms with Crippen molar-refractivity contribution in [3.8, 4) is 0 Å². The number of nitrogens with one attached hydrogen (secondary N) is 3. The highest BCUT2D eigenvalue weighted by atomic mass is 35.5. The first-order chi connectivity index (χ1) is 12.1. The van der Waals surface area contributed by atoms with E-state index in [2.05, 4.69) is 16.2 Å². The highest BCUT2D eigenvalue weighted by Crippen LogP contribution is 2.46. The number of amides is 1. The van der Waals surface area contributed by atoms with E-state index in [4.69, 9.17) is 11.6 Å². The van der Waals surface area contributed by atoms with E-state index in [1.165, 1.54) is 12.1 Å². The monoisotopic (exact) mass is 359 g/mol. The molecule has 6 heteroatoms. The van der Waals surface area contributed by atoms with Gasteiger partial charge in [-0.25, -0.2) is 9.82 Å². The first-order valence-corrected chi connectivity index (χ1v) is 8.77. The summed E-state index contributed by atoms with van der Waals surface area (Å²) in [4.78, 5) is 12.9. The van der Waals surface area contributed by atoms with Crippen molar-refractivity contribution in [3.05, 3.63) is 70.5 Å². The van der Waals surface area contributed by atoms with Crippen LogP contribution in [0.15, 0.2) is 48.5 Å². The molecule has 2 unspecified atom stereocenters. The second kappa shape index (κ2) is 6.41. The molecule has 1 heterocycles. The minimum Gasteiger partial charge on any atom is -0.346 e. The molecule has 2 aliphatic rings. The van der Waals surface area contributed by atoms with Crippen LogP contribution in [0.2, 0.25) is 5.02 Å². The van der Waals surface area contributed by atoms with Gasteiger partial charge in [0.1, 0.15) is 5.82 Å². The summed E-state index contributed by atoms with van der Waals surface area (Å²) in [5.74, 6) is -0.648. The maximum absolute atomic E-state index is 13.5. The fourth-order valence-corrected chi connectivity index (χ4v) is 3.67. The Morgan fingerprint density at radius 1 is 1.20 bits per heavy atom. The fraction of sp³-hybridized carbons (Fsp3) is 0.316. The third kappa shape index (κ3) is 3.27. The first kappa shape index (κ1) is 16.5. The average molecular weight is 360 g/mol. The zero-order valence-electron chi connectivity index (χ0n) is 13.6. The highest BCUT2D eigenvalue weighted by Gasteiger charge is 2.47. The van der Waals surface area contributed by atoms with Crippen LogP contribution in [0.1, 0.15) is 30.0 Å². The summed E-state index contributed by atoms with van der Waals surface area (Å²) in [6.45, 7) is 0.499. The quantitative estimate of drug-likeness (QED) is 0.786. The molecule has 2 atom stereocenters. The molecule has 2 aromatic rings. The second-order valence-electron chi connectivity index (χ2n) is 6.75. The number of hydrogen-bond acceptors (Lipinski definition) is 3. The summed E-state index contributed by atoms with van der Waals surface area (Å²) in [6.07, 6.45) is 1.80. The minimum absolute atomic E-state index is 0.0377. The predicted octanol–water partition coefficient (Wildman–Crippen LogP) is 3.05. The fourth-order valence-electron chi connectivity index (χ4n) is 3.48. The van der Waals surface area contributed by atoms with Crippen molar-refractivity contribution in [2.24, 2.45) is 5.92 Å². The standard InChI is InChI=1S/C19H19ClFN3O/c20-14-5-2-4-13(10-14)19(7-8-19)23-18(25)16-11-22-24-17(16)12-3-1-6-15(21)9-12/h1-6,9-10,16-17,22,24H,7-8,11H2,(H,23,25). The van der Waals surface area contributed by atoms with E-state index >= 15 is 0 Å². The Kier molecular flexibility index (Phi) is 4.23. The van der Waals surface area contributed by atoms with Gasteiger partial charge in [-0.3, -0.25) is 10.2 Å². The molecule has 2 fully saturated rings. The second-order valence-corrected chi connectivity index (χ2v) is 7.18. The van der Waals surface area contributed by atoms with Gasteiger partial charge in [0, 0.05) is 11.6 Å². The summed E-state index contributed by atoms with van der Waals surface area (Å²) < 4.78 is 13.5. The van der Waals surface area contributed by atoms with Gasteiger partial charge in [-0.2, -0.15) is 0 Å². The molecule has 1 saturated carbocycles. The molecule has 0 radical (unpaired) electrons. The van der Waals surface area contributed by atoms with Gasteiger partial charge in [-0.05, 0) is 48.2 Å². The van der Waals surface area contributed by atoms with E-state index in [0.717, 1.165) is 24.0 Å². The molecule has 1 aliphatic carbocycles. The SMILES string of the molecule is O=C(NC1(c2cccc(Cl)c2)CC1)C1CNNC1c1cccc(F)c1. The Hall–Kier alpha value is -1.95. The lowest BCUT2D eigenvalue weighted by atomic mass is 9.93. The maximum atomic E-state index is 13.5. The van der Waals surface area contributed by atoms with Crippen LogP contribution in [0, 0.1) is 11.7 Å². The third-order valence-electron chi connectivity index (χ3n) is 5.02. The number of halogens is 2. The predicted molar refractivity (Wildman–Crippen MR) is 94.3 cm³/mol. The van der Waals surface area contributed by atoms with Gasteiger partial charge < -0.3 is 5.32 Å². The summed E-state index contributed by atoms with van der Waals surface area (Å²) in [5.41, 5.74) is 7.59. The van der Waals surface area contributed by atoms with Gasteiger partial charge in [0.2, 0.25) is 5.91 Å². The van der Waals surface area contributed by atoms with Crippen LogP contribution in [0.25, 0.3) is 0 Å². The molecule has 0 spiro atoms. The summed E-state index contributed by atoms with van der Waals surface area (Å²) in [6, 6.07) is 13.7. The zero-order valence-corrected chi connectivity index (χ0v) is 14.3. The Morgan fingerprint density at radius 2 is 2.00 bits per heavy atom. The van der Waals surface area contributed by atoms with E-state index in [9.17, 15) is 9.18 Å². The van der Waals surface area contributed by atoms with Crippen LogP contribution in [-0.2, 0) is 10.3 Å². The minimum atomic E-state index is -0.322. The number of carbonyl (C=O) groups excluding carboxylic acids is 1. The van der Waals surface area contributed by atoms with E-state index in [-0.39, 0.29) is 29.2 Å². The van der Waals surface area contributed by atoms with Crippen molar-refractivity contribution < 1.29 is 9.18 Å². The number of carbonyl (C=O) groups is 1. The van der Waals surface area contributed by atoms with Crippen molar-refractivity contribution in [2.75, 3.05) is 6.54 Å². The molecule has 3 N–H and O–H groups in total. The molecule has 2 aromatic carbocycles. The average Bonchev–Trinajstić information content (AvgIpc) is 3.20. The Morgan fingerprint density at radius 3 is 2.72 bits per heavy atom. The zero-order chi connectivity index (χ0) is 17.4. The Labute approximate surface area is 150 Å². The molecule has 130 valence electrons. The normalized spacial score (nSPS) is 24.1. The maximum Gasteiger partial charge on any atom is 0.227 e. The number of rotatable bonds is 4. The molecular weight excluding hydrogens is 341 g/mol. The first-order valence-electron chi connectivity index (χ1n) is 8.39. The van der Waals surface area contributed by atoms with E-state index in [0.29, 0.717) is 11.6 Å². The van der Waals surface area contributed by atoms with Gasteiger partial charge >= 0.3 is 0 Å². The summed E-state index contributed by atoms with van der Waals surface area (Å²) in [7, 11) is 0. The van der Waals surface area contributed by atoms with Gasteiger partial charge in [-0.15, -0.1) is 0 Å². The molecule has 1 amide bonds. The third-order valence-corrected chi connectivity index (χ3v) is 5.25. The largest absolute Gasteiger partial charge is 0.346 e. The van der Waals surface area contributed by atoms with E-state index < -0.39 is 0 Å². The van der Waals surface area contributed by atoms with Gasteiger partial charge in [0.05, 0.1) is 17.5 Å². The lowest BCUT2D eigenvalue weighted by molar-refractivity contribution is -0.126. The molecule has 1 saturated heterocycles. The van der Waals surface area contributed by atoms with Crippen molar-refractivity contribution in [1.29, 1.82) is 0 Å².